The van der Waals surface area contributed by atoms with E-state index in [9.17, 15) is 9.59 Å². The Morgan fingerprint density at radius 2 is 2.33 bits per heavy atom. The number of hydrogen-bond donors (Lipinski definition) is 1. The van der Waals surface area contributed by atoms with Crippen LogP contribution in [0.5, 0.6) is 0 Å². The Morgan fingerprint density at radius 1 is 1.60 bits per heavy atom. The monoisotopic (exact) mass is 212 g/mol. The number of ether oxygens (including phenoxy) is 1. The summed E-state index contributed by atoms with van der Waals surface area (Å²) in [6.45, 7) is 0.729. The second-order valence-electron chi connectivity index (χ2n) is 4.18. The lowest BCUT2D eigenvalue weighted by atomic mass is 10.2. The van der Waals surface area contributed by atoms with Gasteiger partial charge in [0.15, 0.2) is 0 Å². The minimum absolute atomic E-state index is 0.0271. The maximum Gasteiger partial charge on any atom is 0.246 e. The molecule has 0 unspecified atom stereocenters. The summed E-state index contributed by atoms with van der Waals surface area (Å²) >= 11 is 0. The average molecular weight is 212 g/mol. The van der Waals surface area contributed by atoms with Gasteiger partial charge in [0.1, 0.15) is 6.61 Å². The molecule has 0 radical (unpaired) electrons. The summed E-state index contributed by atoms with van der Waals surface area (Å²) in [7, 11) is 1.48. The lowest BCUT2D eigenvalue weighted by molar-refractivity contribution is -0.128. The van der Waals surface area contributed by atoms with Gasteiger partial charge in [0, 0.05) is 26.1 Å². The van der Waals surface area contributed by atoms with Crippen molar-refractivity contribution in [3.05, 3.63) is 0 Å². The number of hydrogen-bond acceptors (Lipinski definition) is 3. The molecule has 1 aliphatic carbocycles. The van der Waals surface area contributed by atoms with Crippen molar-refractivity contribution in [2.45, 2.75) is 31.3 Å². The van der Waals surface area contributed by atoms with Gasteiger partial charge in [-0.15, -0.1) is 0 Å². The summed E-state index contributed by atoms with van der Waals surface area (Å²) in [6.07, 6.45) is 2.67. The number of amides is 2. The molecule has 5 heteroatoms. The first-order valence-electron chi connectivity index (χ1n) is 5.28. The quantitative estimate of drug-likeness (QED) is 0.684. The smallest absolute Gasteiger partial charge is 0.246 e. The Balaban J connectivity index is 1.80. The van der Waals surface area contributed by atoms with Crippen molar-refractivity contribution in [3.63, 3.8) is 0 Å². The normalized spacial score (nSPS) is 25.8. The van der Waals surface area contributed by atoms with Crippen molar-refractivity contribution in [1.82, 2.24) is 10.2 Å². The first-order chi connectivity index (χ1) is 7.20. The predicted octanol–water partition coefficient (Wildman–Crippen LogP) is -0.488. The highest BCUT2D eigenvalue weighted by atomic mass is 16.5. The van der Waals surface area contributed by atoms with Crippen LogP contribution in [0.1, 0.15) is 19.3 Å². The summed E-state index contributed by atoms with van der Waals surface area (Å²) in [5.74, 6) is 0.0214. The molecule has 1 saturated heterocycles. The zero-order valence-electron chi connectivity index (χ0n) is 8.86. The maximum atomic E-state index is 11.5. The summed E-state index contributed by atoms with van der Waals surface area (Å²) in [4.78, 5) is 24.7. The number of nitrogens with zero attached hydrogens (tertiary/aromatic N) is 1. The molecule has 0 aromatic heterocycles. The second-order valence-corrected chi connectivity index (χ2v) is 4.18. The highest BCUT2D eigenvalue weighted by Crippen LogP contribution is 2.30. The summed E-state index contributed by atoms with van der Waals surface area (Å²) in [5.41, 5.74) is 0. The van der Waals surface area contributed by atoms with Gasteiger partial charge in [0.25, 0.3) is 0 Å². The fourth-order valence-corrected chi connectivity index (χ4v) is 1.97. The van der Waals surface area contributed by atoms with Gasteiger partial charge >= 0.3 is 0 Å². The molecule has 1 saturated carbocycles. The van der Waals surface area contributed by atoms with E-state index in [0.29, 0.717) is 19.0 Å². The van der Waals surface area contributed by atoms with Crippen LogP contribution in [0.25, 0.3) is 0 Å². The molecule has 0 bridgehead atoms. The van der Waals surface area contributed by atoms with E-state index in [0.717, 1.165) is 12.8 Å². The molecule has 1 heterocycles. The van der Waals surface area contributed by atoms with Crippen molar-refractivity contribution in [2.75, 3.05) is 20.3 Å². The Morgan fingerprint density at radius 3 is 2.93 bits per heavy atom. The Hall–Kier alpha value is -1.10. The number of rotatable bonds is 4. The average Bonchev–Trinajstić information content (AvgIpc) is 2.93. The SMILES string of the molecule is COCC(=O)N[C@H]1CC(=O)N(C2CC2)C1. The predicted molar refractivity (Wildman–Crippen MR) is 53.2 cm³/mol. The molecule has 1 N–H and O–H groups in total. The van der Waals surface area contributed by atoms with Crippen molar-refractivity contribution >= 4 is 11.8 Å². The second kappa shape index (κ2) is 4.18. The van der Waals surface area contributed by atoms with Crippen molar-refractivity contribution in [3.8, 4) is 0 Å². The van der Waals surface area contributed by atoms with Crippen molar-refractivity contribution < 1.29 is 14.3 Å². The fourth-order valence-electron chi connectivity index (χ4n) is 1.97. The van der Waals surface area contributed by atoms with Crippen LogP contribution >= 0.6 is 0 Å². The van der Waals surface area contributed by atoms with Crippen LogP contribution in [-0.2, 0) is 14.3 Å². The molecule has 0 aromatic carbocycles. The van der Waals surface area contributed by atoms with Gasteiger partial charge in [-0.3, -0.25) is 9.59 Å². The van der Waals surface area contributed by atoms with E-state index >= 15 is 0 Å². The van der Waals surface area contributed by atoms with Gasteiger partial charge in [0.2, 0.25) is 11.8 Å². The molecule has 2 rings (SSSR count). The van der Waals surface area contributed by atoms with Crippen LogP contribution in [0.15, 0.2) is 0 Å². The number of nitrogens with one attached hydrogen (secondary N) is 1. The van der Waals surface area contributed by atoms with E-state index in [1.54, 1.807) is 0 Å². The van der Waals surface area contributed by atoms with Crippen LogP contribution in [0.2, 0.25) is 0 Å². The highest BCUT2D eigenvalue weighted by molar-refractivity contribution is 5.83. The van der Waals surface area contributed by atoms with Gasteiger partial charge < -0.3 is 15.0 Å². The lowest BCUT2D eigenvalue weighted by Gasteiger charge is -2.15. The lowest BCUT2D eigenvalue weighted by Crippen LogP contribution is -2.39. The number of carbonyl (C=O) groups is 2. The molecule has 5 nitrogen and oxygen atoms in total. The van der Waals surface area contributed by atoms with Gasteiger partial charge in [0.05, 0.1) is 6.04 Å². The molecule has 0 spiro atoms. The van der Waals surface area contributed by atoms with E-state index in [1.807, 2.05) is 4.90 Å². The Kier molecular flexibility index (Phi) is 2.90. The molecule has 1 aliphatic heterocycles. The number of carbonyl (C=O) groups excluding carboxylic acids is 2. The molecule has 2 aliphatic rings. The zero-order chi connectivity index (χ0) is 10.8. The maximum absolute atomic E-state index is 11.5. The van der Waals surface area contributed by atoms with Crippen LogP contribution in [0, 0.1) is 0 Å². The Labute approximate surface area is 88.8 Å². The van der Waals surface area contributed by atoms with E-state index in [4.69, 9.17) is 4.74 Å². The topological polar surface area (TPSA) is 58.6 Å². The number of likely N-dealkylation sites (tertiary alicyclic amines) is 1. The van der Waals surface area contributed by atoms with Crippen LogP contribution < -0.4 is 5.32 Å². The van der Waals surface area contributed by atoms with Crippen LogP contribution in [0.4, 0.5) is 0 Å². The molecule has 84 valence electrons. The molecule has 2 fully saturated rings. The minimum atomic E-state index is -0.145. The molecule has 0 aromatic rings. The molecular formula is C10H16N2O3. The summed E-state index contributed by atoms with van der Waals surface area (Å²) < 4.78 is 4.72. The first kappa shape index (κ1) is 10.4. The largest absolute Gasteiger partial charge is 0.375 e. The van der Waals surface area contributed by atoms with E-state index < -0.39 is 0 Å². The summed E-state index contributed by atoms with van der Waals surface area (Å²) in [6, 6.07) is 0.419. The third-order valence-electron chi connectivity index (χ3n) is 2.79. The zero-order valence-corrected chi connectivity index (χ0v) is 8.86. The molecule has 1 atom stereocenters. The van der Waals surface area contributed by atoms with Gasteiger partial charge in [-0.05, 0) is 12.8 Å². The van der Waals surface area contributed by atoms with Gasteiger partial charge in [-0.2, -0.15) is 0 Å². The Bertz CT molecular complexity index is 276. The fraction of sp³-hybridized carbons (Fsp3) is 0.800. The van der Waals surface area contributed by atoms with E-state index in [-0.39, 0.29) is 24.5 Å². The first-order valence-corrected chi connectivity index (χ1v) is 5.28. The third-order valence-corrected chi connectivity index (χ3v) is 2.79. The van der Waals surface area contributed by atoms with Crippen molar-refractivity contribution in [1.29, 1.82) is 0 Å². The molecule has 2 amide bonds. The third kappa shape index (κ3) is 2.47. The highest BCUT2D eigenvalue weighted by Gasteiger charge is 2.39. The van der Waals surface area contributed by atoms with Crippen LogP contribution in [0.3, 0.4) is 0 Å². The minimum Gasteiger partial charge on any atom is -0.375 e. The van der Waals surface area contributed by atoms with Gasteiger partial charge in [-0.1, -0.05) is 0 Å². The van der Waals surface area contributed by atoms with E-state index in [2.05, 4.69) is 5.32 Å². The van der Waals surface area contributed by atoms with E-state index in [1.165, 1.54) is 7.11 Å². The molecule has 15 heavy (non-hydrogen) atoms. The van der Waals surface area contributed by atoms with Crippen LogP contribution in [-0.4, -0.2) is 49.1 Å². The summed E-state index contributed by atoms with van der Waals surface area (Å²) in [5, 5.41) is 2.80. The number of methoxy groups -OCH3 is 1. The van der Waals surface area contributed by atoms with Crippen molar-refractivity contribution in [2.24, 2.45) is 0 Å². The molecular weight excluding hydrogens is 196 g/mol. The van der Waals surface area contributed by atoms with Gasteiger partial charge in [-0.25, -0.2) is 0 Å². The standard InChI is InChI=1S/C10H16N2O3/c1-15-6-9(13)11-7-4-10(14)12(5-7)8-2-3-8/h7-8H,2-6H2,1H3,(H,11,13)/t7-/m0/s1.